The zero-order valence-corrected chi connectivity index (χ0v) is 16.0. The second-order valence-electron chi connectivity index (χ2n) is 7.13. The highest BCUT2D eigenvalue weighted by atomic mass is 32.2. The van der Waals surface area contributed by atoms with Crippen molar-refractivity contribution in [1.29, 1.82) is 0 Å². The van der Waals surface area contributed by atoms with Gasteiger partial charge in [0.1, 0.15) is 23.0 Å². The molecule has 0 spiro atoms. The number of hydrogen-bond acceptors (Lipinski definition) is 4. The molecule has 0 saturated heterocycles. The molecule has 0 bridgehead atoms. The molecule has 1 fully saturated rings. The van der Waals surface area contributed by atoms with Gasteiger partial charge in [-0.25, -0.2) is 18.7 Å². The van der Waals surface area contributed by atoms with E-state index in [2.05, 4.69) is 9.55 Å². The number of imidazole rings is 1. The highest BCUT2D eigenvalue weighted by molar-refractivity contribution is 7.99. The summed E-state index contributed by atoms with van der Waals surface area (Å²) in [7, 11) is 0. The molecule has 0 aliphatic heterocycles. The fraction of sp³-hybridized carbons (Fsp3) is 0.400. The summed E-state index contributed by atoms with van der Waals surface area (Å²) in [6.07, 6.45) is 6.13. The van der Waals surface area contributed by atoms with Gasteiger partial charge in [-0.3, -0.25) is 0 Å². The molecule has 0 unspecified atom stereocenters. The summed E-state index contributed by atoms with van der Waals surface area (Å²) in [6.45, 7) is 2.81. The summed E-state index contributed by atoms with van der Waals surface area (Å²) in [5.74, 6) is 1.94. The molecule has 3 aromatic rings. The zero-order valence-electron chi connectivity index (χ0n) is 15.2. The van der Waals surface area contributed by atoms with Crippen LogP contribution in [0.25, 0.3) is 11.0 Å². The average molecular weight is 388 g/mol. The number of rotatable bonds is 7. The monoisotopic (exact) mass is 388 g/mol. The highest BCUT2D eigenvalue weighted by Gasteiger charge is 2.25. The number of nitrogen functional groups attached to an aromatic ring is 1. The van der Waals surface area contributed by atoms with E-state index in [0.717, 1.165) is 59.5 Å². The van der Waals surface area contributed by atoms with E-state index >= 15 is 0 Å². The number of aromatic nitrogens is 3. The number of thioether (sulfide) groups is 1. The average Bonchev–Trinajstić information content (AvgIpc) is 3.37. The van der Waals surface area contributed by atoms with E-state index in [1.54, 1.807) is 6.20 Å². The Labute approximate surface area is 161 Å². The molecule has 2 heterocycles. The van der Waals surface area contributed by atoms with Gasteiger partial charge in [0.25, 0.3) is 0 Å². The molecule has 1 aromatic carbocycles. The lowest BCUT2D eigenvalue weighted by Crippen LogP contribution is -2.07. The van der Waals surface area contributed by atoms with Gasteiger partial charge in [-0.2, -0.15) is 0 Å². The van der Waals surface area contributed by atoms with Gasteiger partial charge < -0.3 is 10.3 Å². The normalized spacial score (nSPS) is 14.2. The predicted octanol–water partition coefficient (Wildman–Crippen LogP) is 4.74. The molecular formula is C20H22F2N4S. The van der Waals surface area contributed by atoms with Crippen molar-refractivity contribution in [3.05, 3.63) is 47.4 Å². The molecule has 0 amide bonds. The third-order valence-electron chi connectivity index (χ3n) is 4.91. The van der Waals surface area contributed by atoms with E-state index in [1.807, 2.05) is 6.92 Å². The van der Waals surface area contributed by atoms with E-state index < -0.39 is 11.6 Å². The Morgan fingerprint density at radius 1 is 1.30 bits per heavy atom. The minimum Gasteiger partial charge on any atom is -0.382 e. The summed E-state index contributed by atoms with van der Waals surface area (Å²) in [5, 5.41) is 0. The Morgan fingerprint density at radius 3 is 2.85 bits per heavy atom. The molecule has 1 aliphatic carbocycles. The van der Waals surface area contributed by atoms with Crippen LogP contribution in [0.4, 0.5) is 14.6 Å². The van der Waals surface area contributed by atoms with Crippen LogP contribution < -0.4 is 5.73 Å². The van der Waals surface area contributed by atoms with Crippen molar-refractivity contribution in [2.75, 3.05) is 11.5 Å². The van der Waals surface area contributed by atoms with Crippen LogP contribution in [0.1, 0.15) is 30.7 Å². The first-order chi connectivity index (χ1) is 13.0. The Hall–Kier alpha value is -2.15. The van der Waals surface area contributed by atoms with E-state index in [0.29, 0.717) is 10.7 Å². The maximum Gasteiger partial charge on any atom is 0.151 e. The lowest BCUT2D eigenvalue weighted by atomic mass is 10.2. The van der Waals surface area contributed by atoms with Gasteiger partial charge in [-0.1, -0.05) is 0 Å². The fourth-order valence-corrected chi connectivity index (χ4v) is 4.19. The van der Waals surface area contributed by atoms with Gasteiger partial charge in [0, 0.05) is 30.1 Å². The fourth-order valence-electron chi connectivity index (χ4n) is 3.34. The number of nitrogens with zero attached hydrogens (tertiary/aromatic N) is 3. The van der Waals surface area contributed by atoms with Crippen LogP contribution in [-0.2, 0) is 13.0 Å². The number of anilines is 1. The molecule has 2 aromatic heterocycles. The van der Waals surface area contributed by atoms with Crippen LogP contribution in [0.3, 0.4) is 0 Å². The topological polar surface area (TPSA) is 56.7 Å². The molecule has 7 heteroatoms. The number of nitrogens with two attached hydrogens (primary N) is 1. The maximum atomic E-state index is 13.8. The van der Waals surface area contributed by atoms with E-state index in [-0.39, 0.29) is 0 Å². The smallest absolute Gasteiger partial charge is 0.151 e. The SMILES string of the molecule is Cc1cnc(N)c2nc(CC3CC3)n(CCCSc3ccc(F)cc3F)c12. The molecule has 0 radical (unpaired) electrons. The third-order valence-corrected chi connectivity index (χ3v) is 6.04. The first-order valence-corrected chi connectivity index (χ1v) is 10.2. The van der Waals surface area contributed by atoms with Crippen LogP contribution in [0.15, 0.2) is 29.3 Å². The Balaban J connectivity index is 1.51. The van der Waals surface area contributed by atoms with Gasteiger partial charge in [0.05, 0.1) is 5.52 Å². The Morgan fingerprint density at radius 2 is 2.11 bits per heavy atom. The van der Waals surface area contributed by atoms with Crippen LogP contribution in [0, 0.1) is 24.5 Å². The van der Waals surface area contributed by atoms with Crippen molar-refractivity contribution >= 4 is 28.6 Å². The van der Waals surface area contributed by atoms with Crippen LogP contribution in [0.5, 0.6) is 0 Å². The summed E-state index contributed by atoms with van der Waals surface area (Å²) >= 11 is 1.41. The van der Waals surface area contributed by atoms with Crippen molar-refractivity contribution < 1.29 is 8.78 Å². The van der Waals surface area contributed by atoms with Crippen molar-refractivity contribution in [2.45, 2.75) is 44.0 Å². The molecule has 4 rings (SSSR count). The molecule has 4 nitrogen and oxygen atoms in total. The zero-order chi connectivity index (χ0) is 19.0. The second-order valence-corrected chi connectivity index (χ2v) is 8.26. The Kier molecular flexibility index (Phi) is 5.04. The van der Waals surface area contributed by atoms with Crippen LogP contribution >= 0.6 is 11.8 Å². The standard InChI is InChI=1S/C20H22F2N4S/c1-12-11-24-20(23)18-19(12)26(17(25-18)9-13-3-4-13)7-2-8-27-16-6-5-14(21)10-15(16)22/h5-6,10-11,13H,2-4,7-9H2,1H3,(H2,23,24). The van der Waals surface area contributed by atoms with Crippen LogP contribution in [-0.4, -0.2) is 20.3 Å². The molecule has 0 atom stereocenters. The van der Waals surface area contributed by atoms with E-state index in [9.17, 15) is 8.78 Å². The van der Waals surface area contributed by atoms with Crippen molar-refractivity contribution in [3.63, 3.8) is 0 Å². The number of fused-ring (bicyclic) bond motifs is 1. The largest absolute Gasteiger partial charge is 0.382 e. The number of pyridine rings is 1. The number of hydrogen-bond donors (Lipinski definition) is 1. The first-order valence-electron chi connectivity index (χ1n) is 9.21. The van der Waals surface area contributed by atoms with E-state index in [1.165, 1.54) is 36.7 Å². The van der Waals surface area contributed by atoms with Crippen molar-refractivity contribution in [1.82, 2.24) is 14.5 Å². The maximum absolute atomic E-state index is 13.8. The minimum absolute atomic E-state index is 0.467. The quantitative estimate of drug-likeness (QED) is 0.469. The van der Waals surface area contributed by atoms with Gasteiger partial charge in [-0.05, 0) is 55.6 Å². The van der Waals surface area contributed by atoms with Crippen LogP contribution in [0.2, 0.25) is 0 Å². The molecule has 1 saturated carbocycles. The third kappa shape index (κ3) is 3.93. The highest BCUT2D eigenvalue weighted by Crippen LogP contribution is 2.34. The second kappa shape index (κ2) is 7.46. The molecule has 1 aliphatic rings. The Bertz CT molecular complexity index is 982. The first kappa shape index (κ1) is 18.2. The van der Waals surface area contributed by atoms with Gasteiger partial charge >= 0.3 is 0 Å². The molecule has 2 N–H and O–H groups in total. The summed E-state index contributed by atoms with van der Waals surface area (Å²) < 4.78 is 29.0. The number of aryl methyl sites for hydroxylation is 2. The summed E-state index contributed by atoms with van der Waals surface area (Å²) in [5.41, 5.74) is 8.94. The van der Waals surface area contributed by atoms with Gasteiger partial charge in [0.15, 0.2) is 5.82 Å². The summed E-state index contributed by atoms with van der Waals surface area (Å²) in [4.78, 5) is 9.50. The minimum atomic E-state index is -0.548. The molecular weight excluding hydrogens is 366 g/mol. The number of benzene rings is 1. The molecule has 27 heavy (non-hydrogen) atoms. The van der Waals surface area contributed by atoms with Crippen molar-refractivity contribution in [3.8, 4) is 0 Å². The van der Waals surface area contributed by atoms with Crippen molar-refractivity contribution in [2.24, 2.45) is 5.92 Å². The van der Waals surface area contributed by atoms with Gasteiger partial charge in [-0.15, -0.1) is 11.8 Å². The molecule has 142 valence electrons. The number of halogens is 2. The van der Waals surface area contributed by atoms with Gasteiger partial charge in [0.2, 0.25) is 0 Å². The lowest BCUT2D eigenvalue weighted by molar-refractivity contribution is 0.565. The lowest BCUT2D eigenvalue weighted by Gasteiger charge is -2.11. The summed E-state index contributed by atoms with van der Waals surface area (Å²) in [6, 6.07) is 3.72. The van der Waals surface area contributed by atoms with E-state index in [4.69, 9.17) is 10.7 Å². The predicted molar refractivity (Wildman–Crippen MR) is 105 cm³/mol.